The van der Waals surface area contributed by atoms with Crippen LogP contribution in [0.4, 0.5) is 11.6 Å². The van der Waals surface area contributed by atoms with Crippen molar-refractivity contribution in [2.45, 2.75) is 16.7 Å². The van der Waals surface area contributed by atoms with Gasteiger partial charge in [0.05, 0.1) is 17.7 Å². The molecule has 11 heteroatoms. The zero-order valence-electron chi connectivity index (χ0n) is 19.5. The number of nitrogens with one attached hydrogen (secondary N) is 2. The van der Waals surface area contributed by atoms with E-state index in [-0.39, 0.29) is 17.6 Å². The highest BCUT2D eigenvalue weighted by Crippen LogP contribution is 2.25. The van der Waals surface area contributed by atoms with Crippen LogP contribution in [-0.4, -0.2) is 39.0 Å². The molecule has 0 aliphatic heterocycles. The Bertz CT molecular complexity index is 1330. The number of hydrazone groups is 1. The highest BCUT2D eigenvalue weighted by atomic mass is 32.2. The van der Waals surface area contributed by atoms with E-state index in [2.05, 4.69) is 26.0 Å². The van der Waals surface area contributed by atoms with Crippen LogP contribution in [0.15, 0.2) is 94.0 Å². The maximum Gasteiger partial charge on any atom is 0.264 e. The second kappa shape index (κ2) is 12.7. The Kier molecular flexibility index (Phi) is 8.84. The number of thioether (sulfide) groups is 2. The fraction of sp³-hybridized carbons (Fsp3) is 0.120. The zero-order valence-corrected chi connectivity index (χ0v) is 21.1. The molecule has 0 bridgehead atoms. The van der Waals surface area contributed by atoms with E-state index in [1.807, 2.05) is 85.1 Å². The predicted molar refractivity (Wildman–Crippen MR) is 146 cm³/mol. The highest BCUT2D eigenvalue weighted by molar-refractivity contribution is 7.99. The van der Waals surface area contributed by atoms with Gasteiger partial charge in [0.15, 0.2) is 0 Å². The maximum atomic E-state index is 12.4. The van der Waals surface area contributed by atoms with Crippen molar-refractivity contribution < 1.29 is 9.53 Å². The van der Waals surface area contributed by atoms with Crippen LogP contribution in [0.2, 0.25) is 0 Å². The van der Waals surface area contributed by atoms with Crippen LogP contribution in [-0.2, 0) is 11.4 Å². The lowest BCUT2D eigenvalue weighted by Gasteiger charge is -2.09. The van der Waals surface area contributed by atoms with Gasteiger partial charge < -0.3 is 15.9 Å². The Morgan fingerprint density at radius 3 is 2.64 bits per heavy atom. The molecule has 4 rings (SSSR count). The predicted octanol–water partition coefficient (Wildman–Crippen LogP) is 4.47. The third kappa shape index (κ3) is 6.80. The van der Waals surface area contributed by atoms with Gasteiger partial charge in [0.2, 0.25) is 11.1 Å². The molecule has 4 aromatic rings. The van der Waals surface area contributed by atoms with E-state index in [0.29, 0.717) is 17.5 Å². The van der Waals surface area contributed by atoms with Crippen molar-refractivity contribution in [3.8, 4) is 5.75 Å². The molecular weight excluding hydrogens is 494 g/mol. The van der Waals surface area contributed by atoms with E-state index < -0.39 is 0 Å². The minimum Gasteiger partial charge on any atom is -0.488 e. The third-order valence-electron chi connectivity index (χ3n) is 4.90. The fourth-order valence-electron chi connectivity index (χ4n) is 3.13. The summed E-state index contributed by atoms with van der Waals surface area (Å²) >= 11 is 2.75. The SMILES string of the molecule is CSc1ccccc1NC(=O)CSc1nnc(N/N=C/c2ccccc2OCc2ccccc2)n1N. The number of rotatable bonds is 11. The molecule has 0 saturated heterocycles. The molecule has 0 aliphatic carbocycles. The lowest BCUT2D eigenvalue weighted by Crippen LogP contribution is -2.17. The molecule has 1 aromatic heterocycles. The Morgan fingerprint density at radius 1 is 1.06 bits per heavy atom. The molecule has 1 heterocycles. The second-order valence-corrected chi connectivity index (χ2v) is 9.19. The molecule has 9 nitrogen and oxygen atoms in total. The molecule has 1 amide bonds. The van der Waals surface area contributed by atoms with Gasteiger partial charge in [0, 0.05) is 10.5 Å². The summed E-state index contributed by atoms with van der Waals surface area (Å²) in [7, 11) is 0. The first-order chi connectivity index (χ1) is 17.6. The standard InChI is InChI=1S/C25H25N7O2S2/c1-35-22-14-8-6-12-20(22)28-23(33)17-36-25-31-30-24(32(25)26)29-27-15-19-11-5-7-13-21(19)34-16-18-9-3-2-4-10-18/h2-15H,16-17,26H2,1H3,(H,28,33)(H,29,30)/b27-15+. The Hall–Kier alpha value is -3.96. The smallest absolute Gasteiger partial charge is 0.264 e. The van der Waals surface area contributed by atoms with Crippen LogP contribution in [0.3, 0.4) is 0 Å². The summed E-state index contributed by atoms with van der Waals surface area (Å²) in [5.74, 6) is 6.99. The number of carbonyl (C=O) groups is 1. The van der Waals surface area contributed by atoms with E-state index in [1.165, 1.54) is 16.4 Å². The summed E-state index contributed by atoms with van der Waals surface area (Å²) in [6.45, 7) is 0.452. The minimum absolute atomic E-state index is 0.132. The van der Waals surface area contributed by atoms with Crippen molar-refractivity contribution in [3.05, 3.63) is 90.0 Å². The molecule has 0 atom stereocenters. The first-order valence-electron chi connectivity index (χ1n) is 10.9. The van der Waals surface area contributed by atoms with Crippen molar-refractivity contribution in [2.75, 3.05) is 28.6 Å². The minimum atomic E-state index is -0.163. The fourth-order valence-corrected chi connectivity index (χ4v) is 4.34. The van der Waals surface area contributed by atoms with Crippen LogP contribution < -0.4 is 21.3 Å². The number of nitrogens with zero attached hydrogens (tertiary/aromatic N) is 4. The second-order valence-electron chi connectivity index (χ2n) is 7.40. The molecule has 0 spiro atoms. The van der Waals surface area contributed by atoms with Crippen molar-refractivity contribution in [1.29, 1.82) is 0 Å². The molecule has 0 fully saturated rings. The van der Waals surface area contributed by atoms with E-state index in [9.17, 15) is 4.79 Å². The first-order valence-corrected chi connectivity index (χ1v) is 13.2. The molecule has 0 aliphatic rings. The Balaban J connectivity index is 1.31. The highest BCUT2D eigenvalue weighted by Gasteiger charge is 2.13. The average molecular weight is 520 g/mol. The zero-order chi connectivity index (χ0) is 25.2. The van der Waals surface area contributed by atoms with E-state index in [1.54, 1.807) is 18.0 Å². The average Bonchev–Trinajstić information content (AvgIpc) is 3.26. The molecule has 4 N–H and O–H groups in total. The molecule has 36 heavy (non-hydrogen) atoms. The number of carbonyl (C=O) groups excluding carboxylic acids is 1. The molecular formula is C25H25N7O2S2. The number of hydrogen-bond donors (Lipinski definition) is 3. The van der Waals surface area contributed by atoms with Gasteiger partial charge in [0.25, 0.3) is 5.95 Å². The van der Waals surface area contributed by atoms with Gasteiger partial charge in [-0.3, -0.25) is 4.79 Å². The number of hydrogen-bond acceptors (Lipinski definition) is 9. The van der Waals surface area contributed by atoms with Crippen LogP contribution >= 0.6 is 23.5 Å². The van der Waals surface area contributed by atoms with Gasteiger partial charge in [-0.2, -0.15) is 5.10 Å². The Labute approximate surface area is 217 Å². The number of anilines is 2. The van der Waals surface area contributed by atoms with Gasteiger partial charge in [-0.1, -0.05) is 66.4 Å². The molecule has 0 saturated carbocycles. The van der Waals surface area contributed by atoms with Crippen molar-refractivity contribution in [2.24, 2.45) is 5.10 Å². The van der Waals surface area contributed by atoms with Crippen LogP contribution in [0.1, 0.15) is 11.1 Å². The van der Waals surface area contributed by atoms with E-state index in [0.717, 1.165) is 21.7 Å². The number of nitrogens with two attached hydrogens (primary N) is 1. The van der Waals surface area contributed by atoms with Gasteiger partial charge in [-0.05, 0) is 36.1 Å². The summed E-state index contributed by atoms with van der Waals surface area (Å²) in [5, 5.41) is 15.6. The van der Waals surface area contributed by atoms with Crippen LogP contribution in [0.25, 0.3) is 0 Å². The lowest BCUT2D eigenvalue weighted by atomic mass is 10.2. The number of nitrogen functional groups attached to an aromatic ring is 1. The quantitative estimate of drug-likeness (QED) is 0.115. The Morgan fingerprint density at radius 2 is 1.81 bits per heavy atom. The number of para-hydroxylation sites is 2. The van der Waals surface area contributed by atoms with Crippen LogP contribution in [0.5, 0.6) is 5.75 Å². The molecule has 184 valence electrons. The number of aromatic nitrogens is 3. The van der Waals surface area contributed by atoms with Gasteiger partial charge in [-0.25, -0.2) is 10.1 Å². The van der Waals surface area contributed by atoms with E-state index in [4.69, 9.17) is 10.6 Å². The summed E-state index contributed by atoms with van der Waals surface area (Å²) in [6, 6.07) is 25.2. The monoisotopic (exact) mass is 519 g/mol. The maximum absolute atomic E-state index is 12.4. The van der Waals surface area contributed by atoms with E-state index >= 15 is 0 Å². The third-order valence-corrected chi connectivity index (χ3v) is 6.64. The number of ether oxygens (including phenoxy) is 1. The number of amides is 1. The molecule has 0 unspecified atom stereocenters. The van der Waals surface area contributed by atoms with Crippen LogP contribution in [0, 0.1) is 0 Å². The summed E-state index contributed by atoms with van der Waals surface area (Å²) in [5.41, 5.74) is 5.43. The largest absolute Gasteiger partial charge is 0.488 e. The van der Waals surface area contributed by atoms with Gasteiger partial charge in [-0.15, -0.1) is 22.0 Å². The van der Waals surface area contributed by atoms with Crippen molar-refractivity contribution in [3.63, 3.8) is 0 Å². The molecule has 0 radical (unpaired) electrons. The normalized spacial score (nSPS) is 10.9. The van der Waals surface area contributed by atoms with Crippen molar-refractivity contribution >= 4 is 47.3 Å². The summed E-state index contributed by atoms with van der Waals surface area (Å²) < 4.78 is 7.20. The summed E-state index contributed by atoms with van der Waals surface area (Å²) in [4.78, 5) is 13.4. The first kappa shape index (κ1) is 25.1. The van der Waals surface area contributed by atoms with Gasteiger partial charge >= 0.3 is 0 Å². The van der Waals surface area contributed by atoms with Gasteiger partial charge in [0.1, 0.15) is 12.4 Å². The number of benzene rings is 3. The molecule has 3 aromatic carbocycles. The lowest BCUT2D eigenvalue weighted by molar-refractivity contribution is -0.113. The topological polar surface area (TPSA) is 119 Å². The summed E-state index contributed by atoms with van der Waals surface area (Å²) in [6.07, 6.45) is 3.59. The van der Waals surface area contributed by atoms with Crippen molar-refractivity contribution in [1.82, 2.24) is 14.9 Å².